The highest BCUT2D eigenvalue weighted by molar-refractivity contribution is 14.1. The van der Waals surface area contributed by atoms with Gasteiger partial charge in [0.25, 0.3) is 0 Å². The van der Waals surface area contributed by atoms with Crippen LogP contribution in [0, 0.1) is 5.41 Å². The first-order valence-electron chi connectivity index (χ1n) is 10.3. The van der Waals surface area contributed by atoms with E-state index >= 15 is 0 Å². The predicted molar refractivity (Wildman–Crippen MR) is 120 cm³/mol. The van der Waals surface area contributed by atoms with Crippen molar-refractivity contribution >= 4 is 28.6 Å². The number of benzene rings is 1. The smallest absolute Gasteiger partial charge is 0.311 e. The molecule has 0 aromatic heterocycles. The van der Waals surface area contributed by atoms with E-state index in [-0.39, 0.29) is 36.7 Å². The minimum atomic E-state index is -0.542. The molecule has 29 heavy (non-hydrogen) atoms. The average molecular weight is 514 g/mol. The van der Waals surface area contributed by atoms with Crippen LogP contribution in [0.1, 0.15) is 51.9 Å². The van der Waals surface area contributed by atoms with E-state index in [1.807, 2.05) is 51.1 Å². The summed E-state index contributed by atoms with van der Waals surface area (Å²) in [5, 5.41) is 0. The lowest BCUT2D eigenvalue weighted by molar-refractivity contribution is -0.276. The first-order chi connectivity index (χ1) is 13.9. The molecule has 160 valence electrons. The molecule has 1 aromatic carbocycles. The van der Waals surface area contributed by atoms with Crippen LogP contribution in [0.25, 0.3) is 0 Å². The summed E-state index contributed by atoms with van der Waals surface area (Å²) in [5.41, 5.74) is 0.468. The molecular formula is C23H31IO5. The fourth-order valence-electron chi connectivity index (χ4n) is 3.42. The van der Waals surface area contributed by atoms with Crippen LogP contribution in [0.4, 0.5) is 0 Å². The lowest BCUT2D eigenvalue weighted by Crippen LogP contribution is -2.46. The van der Waals surface area contributed by atoms with Gasteiger partial charge in [-0.25, -0.2) is 0 Å². The summed E-state index contributed by atoms with van der Waals surface area (Å²) >= 11 is 2.34. The van der Waals surface area contributed by atoms with Gasteiger partial charge in [-0.05, 0) is 33.6 Å². The van der Waals surface area contributed by atoms with Crippen molar-refractivity contribution in [2.45, 2.75) is 70.7 Å². The summed E-state index contributed by atoms with van der Waals surface area (Å²) in [6.45, 7) is 6.07. The number of hydrogen-bond donors (Lipinski definition) is 0. The molecule has 3 rings (SSSR count). The van der Waals surface area contributed by atoms with Gasteiger partial charge in [-0.3, -0.25) is 4.79 Å². The Labute approximate surface area is 187 Å². The standard InChI is InChI=1S/C23H31IO5/c1-23(2,3)22(25)29-17-11-7-8-12-18-20(27-19(17)13-14-24)15-26-21(28-18)16-9-5-4-6-10-16/h4-10,17-21H,11-15H2,1-3H3/b8-7-/t17-,18+,19+,20-,21-/m1/s1. The minimum absolute atomic E-state index is 0.0982. The fraction of sp³-hybridized carbons (Fsp3) is 0.609. The Hall–Kier alpha value is -0.960. The molecule has 0 unspecified atom stereocenters. The van der Waals surface area contributed by atoms with Crippen LogP contribution >= 0.6 is 22.6 Å². The Bertz CT molecular complexity index is 684. The number of esters is 1. The monoisotopic (exact) mass is 514 g/mol. The van der Waals surface area contributed by atoms with Gasteiger partial charge in [0.05, 0.1) is 24.2 Å². The third-order valence-corrected chi connectivity index (χ3v) is 5.75. The summed E-state index contributed by atoms with van der Waals surface area (Å²) in [6, 6.07) is 9.97. The number of carbonyl (C=O) groups excluding carboxylic acids is 1. The Kier molecular flexibility index (Phi) is 8.13. The van der Waals surface area contributed by atoms with Gasteiger partial charge in [-0.1, -0.05) is 65.1 Å². The molecule has 2 aliphatic rings. The molecule has 0 spiro atoms. The highest BCUT2D eigenvalue weighted by Crippen LogP contribution is 2.32. The molecule has 1 saturated heterocycles. The average Bonchev–Trinajstić information content (AvgIpc) is 2.77. The van der Waals surface area contributed by atoms with Gasteiger partial charge in [-0.2, -0.15) is 0 Å². The summed E-state index contributed by atoms with van der Waals surface area (Å²) < 4.78 is 25.5. The fourth-order valence-corrected chi connectivity index (χ4v) is 4.03. The van der Waals surface area contributed by atoms with Crippen molar-refractivity contribution in [3.8, 4) is 0 Å². The van der Waals surface area contributed by atoms with Gasteiger partial charge in [0, 0.05) is 16.4 Å². The van der Waals surface area contributed by atoms with Crippen LogP contribution < -0.4 is 0 Å². The van der Waals surface area contributed by atoms with E-state index in [1.165, 1.54) is 0 Å². The van der Waals surface area contributed by atoms with E-state index in [1.54, 1.807) is 0 Å². The zero-order valence-corrected chi connectivity index (χ0v) is 19.5. The van der Waals surface area contributed by atoms with E-state index in [0.29, 0.717) is 13.0 Å². The van der Waals surface area contributed by atoms with Crippen molar-refractivity contribution in [3.63, 3.8) is 0 Å². The van der Waals surface area contributed by atoms with Crippen LogP contribution in [0.2, 0.25) is 0 Å². The van der Waals surface area contributed by atoms with Crippen LogP contribution in [0.3, 0.4) is 0 Å². The molecule has 2 aliphatic heterocycles. The maximum Gasteiger partial charge on any atom is 0.311 e. The highest BCUT2D eigenvalue weighted by atomic mass is 127. The van der Waals surface area contributed by atoms with Crippen molar-refractivity contribution in [3.05, 3.63) is 48.0 Å². The van der Waals surface area contributed by atoms with Crippen molar-refractivity contribution in [1.29, 1.82) is 0 Å². The number of fused-ring (bicyclic) bond motifs is 1. The Balaban J connectivity index is 1.73. The number of carbonyl (C=O) groups is 1. The summed E-state index contributed by atoms with van der Waals surface area (Å²) in [4.78, 5) is 12.5. The zero-order valence-electron chi connectivity index (χ0n) is 17.4. The maximum atomic E-state index is 12.5. The molecule has 0 aliphatic carbocycles. The molecule has 1 aromatic rings. The van der Waals surface area contributed by atoms with Crippen LogP contribution in [0.5, 0.6) is 0 Å². The third kappa shape index (κ3) is 6.26. The molecule has 0 bridgehead atoms. The van der Waals surface area contributed by atoms with E-state index in [2.05, 4.69) is 34.7 Å². The molecule has 0 radical (unpaired) electrons. The minimum Gasteiger partial charge on any atom is -0.459 e. The number of halogens is 1. The second-order valence-corrected chi connectivity index (χ2v) is 9.66. The highest BCUT2D eigenvalue weighted by Gasteiger charge is 2.38. The molecule has 0 saturated carbocycles. The third-order valence-electron chi connectivity index (χ3n) is 5.13. The topological polar surface area (TPSA) is 54.0 Å². The van der Waals surface area contributed by atoms with Crippen LogP contribution in [-0.4, -0.2) is 41.4 Å². The second-order valence-electron chi connectivity index (χ2n) is 8.58. The molecule has 5 atom stereocenters. The molecular weight excluding hydrogens is 483 g/mol. The normalized spacial score (nSPS) is 31.7. The molecule has 6 heteroatoms. The lowest BCUT2D eigenvalue weighted by atomic mass is 9.97. The quantitative estimate of drug-likeness (QED) is 0.245. The van der Waals surface area contributed by atoms with Crippen LogP contribution in [0.15, 0.2) is 42.5 Å². The van der Waals surface area contributed by atoms with Gasteiger partial charge in [-0.15, -0.1) is 0 Å². The number of alkyl halides is 1. The molecule has 1 fully saturated rings. The van der Waals surface area contributed by atoms with E-state index in [9.17, 15) is 4.79 Å². The molecule has 0 amide bonds. The van der Waals surface area contributed by atoms with Crippen molar-refractivity contribution in [2.75, 3.05) is 11.0 Å². The van der Waals surface area contributed by atoms with Gasteiger partial charge in [0.15, 0.2) is 6.29 Å². The number of hydrogen-bond acceptors (Lipinski definition) is 5. The molecule has 5 nitrogen and oxygen atoms in total. The SMILES string of the molecule is CC(C)(C)C(=O)O[C@@H]1C/C=C\C[C@@H]2O[C@H](c3ccccc3)OC[C@H]2O[C@H]1CCI. The van der Waals surface area contributed by atoms with Gasteiger partial charge >= 0.3 is 5.97 Å². The summed E-state index contributed by atoms with van der Waals surface area (Å²) in [7, 11) is 0. The van der Waals surface area contributed by atoms with Crippen molar-refractivity contribution < 1.29 is 23.7 Å². The predicted octanol–water partition coefficient (Wildman–Crippen LogP) is 4.99. The lowest BCUT2D eigenvalue weighted by Gasteiger charge is -2.39. The van der Waals surface area contributed by atoms with E-state index < -0.39 is 5.41 Å². The number of ether oxygens (including phenoxy) is 4. The van der Waals surface area contributed by atoms with Gasteiger partial charge < -0.3 is 18.9 Å². The van der Waals surface area contributed by atoms with E-state index in [0.717, 1.165) is 22.8 Å². The zero-order chi connectivity index (χ0) is 20.9. The van der Waals surface area contributed by atoms with Crippen LogP contribution in [-0.2, 0) is 23.7 Å². The maximum absolute atomic E-state index is 12.5. The van der Waals surface area contributed by atoms with Crippen molar-refractivity contribution in [1.82, 2.24) is 0 Å². The van der Waals surface area contributed by atoms with Crippen molar-refractivity contribution in [2.24, 2.45) is 5.41 Å². The first-order valence-corrected chi connectivity index (χ1v) is 11.8. The molecule has 2 heterocycles. The second kappa shape index (κ2) is 10.4. The Morgan fingerprint density at radius 3 is 2.52 bits per heavy atom. The van der Waals surface area contributed by atoms with Gasteiger partial charge in [0.1, 0.15) is 12.2 Å². The molecule has 0 N–H and O–H groups in total. The Morgan fingerprint density at radius 1 is 1.10 bits per heavy atom. The van der Waals surface area contributed by atoms with Gasteiger partial charge in [0.2, 0.25) is 0 Å². The largest absolute Gasteiger partial charge is 0.459 e. The number of rotatable bonds is 4. The summed E-state index contributed by atoms with van der Waals surface area (Å²) in [5.74, 6) is -0.200. The Morgan fingerprint density at radius 2 is 1.83 bits per heavy atom. The summed E-state index contributed by atoms with van der Waals surface area (Å²) in [6.07, 6.45) is 5.23. The van der Waals surface area contributed by atoms with E-state index in [4.69, 9.17) is 18.9 Å². The first kappa shape index (κ1) is 22.7.